The first kappa shape index (κ1) is 15.5. The number of benzene rings is 1. The van der Waals surface area contributed by atoms with Crippen LogP contribution < -0.4 is 5.32 Å². The van der Waals surface area contributed by atoms with Crippen molar-refractivity contribution < 1.29 is 14.7 Å². The van der Waals surface area contributed by atoms with Crippen LogP contribution in [0.25, 0.3) is 0 Å². The van der Waals surface area contributed by atoms with Crippen molar-refractivity contribution in [3.63, 3.8) is 0 Å². The number of carboxylic acids is 1. The molecule has 0 bridgehead atoms. The lowest BCUT2D eigenvalue weighted by Gasteiger charge is -2.37. The van der Waals surface area contributed by atoms with E-state index in [1.165, 1.54) is 0 Å². The summed E-state index contributed by atoms with van der Waals surface area (Å²) in [7, 11) is 0. The van der Waals surface area contributed by atoms with Gasteiger partial charge in [-0.15, -0.1) is 0 Å². The van der Waals surface area contributed by atoms with Crippen LogP contribution >= 0.6 is 0 Å². The molecule has 0 saturated carbocycles. The lowest BCUT2D eigenvalue weighted by Crippen LogP contribution is -2.48. The van der Waals surface area contributed by atoms with E-state index < -0.39 is 11.4 Å². The van der Waals surface area contributed by atoms with Gasteiger partial charge in [0, 0.05) is 12.2 Å². The molecule has 5 nitrogen and oxygen atoms in total. The molecular weight excluding hydrogens is 268 g/mol. The van der Waals surface area contributed by atoms with E-state index in [1.54, 1.807) is 6.92 Å². The SMILES string of the molecule is Cc1ccc(NC(=O)CN2CCCC(C)(C(=O)O)C2)cc1. The van der Waals surface area contributed by atoms with Crippen LogP contribution in [0.5, 0.6) is 0 Å². The van der Waals surface area contributed by atoms with Crippen molar-refractivity contribution in [2.24, 2.45) is 5.41 Å². The molecule has 1 unspecified atom stereocenters. The summed E-state index contributed by atoms with van der Waals surface area (Å²) in [6, 6.07) is 7.62. The Morgan fingerprint density at radius 1 is 1.33 bits per heavy atom. The van der Waals surface area contributed by atoms with Crippen molar-refractivity contribution in [1.29, 1.82) is 0 Å². The number of nitrogens with one attached hydrogen (secondary N) is 1. The molecule has 114 valence electrons. The molecule has 1 amide bonds. The van der Waals surface area contributed by atoms with Crippen LogP contribution in [0.2, 0.25) is 0 Å². The van der Waals surface area contributed by atoms with Gasteiger partial charge >= 0.3 is 5.97 Å². The number of hydrogen-bond acceptors (Lipinski definition) is 3. The molecule has 2 rings (SSSR count). The highest BCUT2D eigenvalue weighted by atomic mass is 16.4. The summed E-state index contributed by atoms with van der Waals surface area (Å²) in [5.74, 6) is -0.889. The number of anilines is 1. The zero-order valence-electron chi connectivity index (χ0n) is 12.6. The van der Waals surface area contributed by atoms with Crippen LogP contribution in [0.4, 0.5) is 5.69 Å². The summed E-state index contributed by atoms with van der Waals surface area (Å²) in [5.41, 5.74) is 1.16. The molecule has 0 radical (unpaired) electrons. The van der Waals surface area contributed by atoms with E-state index in [2.05, 4.69) is 5.32 Å². The highest BCUT2D eigenvalue weighted by Crippen LogP contribution is 2.29. The van der Waals surface area contributed by atoms with Crippen molar-refractivity contribution in [3.05, 3.63) is 29.8 Å². The molecule has 1 aliphatic rings. The van der Waals surface area contributed by atoms with Gasteiger partial charge in [0.05, 0.1) is 12.0 Å². The number of aryl methyl sites for hydroxylation is 1. The number of likely N-dealkylation sites (tertiary alicyclic amines) is 1. The summed E-state index contributed by atoms with van der Waals surface area (Å²) < 4.78 is 0. The Balaban J connectivity index is 1.90. The second-order valence-corrected chi connectivity index (χ2v) is 6.09. The Morgan fingerprint density at radius 2 is 2.00 bits per heavy atom. The minimum Gasteiger partial charge on any atom is -0.481 e. The molecule has 0 spiro atoms. The number of aliphatic carboxylic acids is 1. The molecule has 1 heterocycles. The Labute approximate surface area is 125 Å². The Morgan fingerprint density at radius 3 is 2.62 bits per heavy atom. The molecule has 1 aliphatic heterocycles. The topological polar surface area (TPSA) is 69.6 Å². The standard InChI is InChI=1S/C16H22N2O3/c1-12-4-6-13(7-5-12)17-14(19)10-18-9-3-8-16(2,11-18)15(20)21/h4-7H,3,8-11H2,1-2H3,(H,17,19)(H,20,21). The minimum absolute atomic E-state index is 0.103. The third-order valence-corrected chi connectivity index (χ3v) is 3.99. The van der Waals surface area contributed by atoms with E-state index in [-0.39, 0.29) is 12.5 Å². The van der Waals surface area contributed by atoms with Crippen LogP contribution in [-0.4, -0.2) is 41.5 Å². The fraction of sp³-hybridized carbons (Fsp3) is 0.500. The van der Waals surface area contributed by atoms with Gasteiger partial charge in [-0.2, -0.15) is 0 Å². The summed E-state index contributed by atoms with van der Waals surface area (Å²) >= 11 is 0. The average Bonchev–Trinajstić information content (AvgIpc) is 2.41. The molecule has 21 heavy (non-hydrogen) atoms. The molecule has 1 atom stereocenters. The first-order valence-electron chi connectivity index (χ1n) is 7.21. The highest BCUT2D eigenvalue weighted by Gasteiger charge is 2.38. The molecule has 1 aromatic carbocycles. The van der Waals surface area contributed by atoms with Crippen molar-refractivity contribution in [2.75, 3.05) is 25.0 Å². The van der Waals surface area contributed by atoms with Gasteiger partial charge in [-0.3, -0.25) is 14.5 Å². The maximum Gasteiger partial charge on any atom is 0.310 e. The zero-order valence-corrected chi connectivity index (χ0v) is 12.6. The van der Waals surface area contributed by atoms with Crippen LogP contribution in [0.3, 0.4) is 0 Å². The maximum atomic E-state index is 12.0. The number of rotatable bonds is 4. The summed E-state index contributed by atoms with van der Waals surface area (Å²) in [4.78, 5) is 25.3. The van der Waals surface area contributed by atoms with Gasteiger partial charge in [-0.05, 0) is 45.4 Å². The highest BCUT2D eigenvalue weighted by molar-refractivity contribution is 5.92. The number of amides is 1. The number of carbonyl (C=O) groups is 2. The Bertz CT molecular complexity index is 527. The smallest absolute Gasteiger partial charge is 0.310 e. The average molecular weight is 290 g/mol. The summed E-state index contributed by atoms with van der Waals surface area (Å²) in [5, 5.41) is 12.1. The third kappa shape index (κ3) is 4.04. The number of carbonyl (C=O) groups excluding carboxylic acids is 1. The summed E-state index contributed by atoms with van der Waals surface area (Å²) in [6.07, 6.45) is 1.47. The van der Waals surface area contributed by atoms with E-state index in [1.807, 2.05) is 36.1 Å². The molecule has 1 fully saturated rings. The normalized spacial score (nSPS) is 22.8. The molecule has 1 saturated heterocycles. The molecule has 2 N–H and O–H groups in total. The zero-order chi connectivity index (χ0) is 15.5. The Kier molecular flexibility index (Phi) is 4.63. The van der Waals surface area contributed by atoms with E-state index in [9.17, 15) is 14.7 Å². The fourth-order valence-corrected chi connectivity index (χ4v) is 2.69. The second-order valence-electron chi connectivity index (χ2n) is 6.09. The first-order chi connectivity index (χ1) is 9.89. The number of carboxylic acid groups (broad SMARTS) is 1. The largest absolute Gasteiger partial charge is 0.481 e. The number of piperidine rings is 1. The van der Waals surface area contributed by atoms with Gasteiger partial charge in [0.15, 0.2) is 0 Å². The van der Waals surface area contributed by atoms with Crippen molar-refractivity contribution >= 4 is 17.6 Å². The summed E-state index contributed by atoms with van der Waals surface area (Å²) in [6.45, 7) is 5.16. The number of nitrogens with zero attached hydrogens (tertiary/aromatic N) is 1. The van der Waals surface area contributed by atoms with Crippen molar-refractivity contribution in [2.45, 2.75) is 26.7 Å². The van der Waals surface area contributed by atoms with Gasteiger partial charge in [0.25, 0.3) is 0 Å². The Hall–Kier alpha value is -1.88. The molecule has 5 heteroatoms. The molecule has 0 aliphatic carbocycles. The van der Waals surface area contributed by atoms with Crippen LogP contribution in [0, 0.1) is 12.3 Å². The fourth-order valence-electron chi connectivity index (χ4n) is 2.69. The van der Waals surface area contributed by atoms with Gasteiger partial charge in [0.1, 0.15) is 0 Å². The predicted molar refractivity (Wildman–Crippen MR) is 81.2 cm³/mol. The van der Waals surface area contributed by atoms with Gasteiger partial charge < -0.3 is 10.4 Å². The van der Waals surface area contributed by atoms with Gasteiger partial charge in [-0.25, -0.2) is 0 Å². The second kappa shape index (κ2) is 6.26. The lowest BCUT2D eigenvalue weighted by molar-refractivity contribution is -0.151. The molecule has 0 aromatic heterocycles. The molecule has 1 aromatic rings. The van der Waals surface area contributed by atoms with Gasteiger partial charge in [-0.1, -0.05) is 17.7 Å². The van der Waals surface area contributed by atoms with Gasteiger partial charge in [0.2, 0.25) is 5.91 Å². The predicted octanol–water partition coefficient (Wildman–Crippen LogP) is 2.12. The van der Waals surface area contributed by atoms with Crippen LogP contribution in [-0.2, 0) is 9.59 Å². The van der Waals surface area contributed by atoms with Crippen LogP contribution in [0.15, 0.2) is 24.3 Å². The van der Waals surface area contributed by atoms with E-state index in [4.69, 9.17) is 0 Å². The minimum atomic E-state index is -0.786. The molecular formula is C16H22N2O3. The van der Waals surface area contributed by atoms with E-state index in [0.29, 0.717) is 13.0 Å². The third-order valence-electron chi connectivity index (χ3n) is 3.99. The maximum absolute atomic E-state index is 12.0. The van der Waals surface area contributed by atoms with Crippen molar-refractivity contribution in [1.82, 2.24) is 4.90 Å². The monoisotopic (exact) mass is 290 g/mol. The van der Waals surface area contributed by atoms with Crippen molar-refractivity contribution in [3.8, 4) is 0 Å². The van der Waals surface area contributed by atoms with E-state index >= 15 is 0 Å². The van der Waals surface area contributed by atoms with E-state index in [0.717, 1.165) is 24.2 Å². The lowest BCUT2D eigenvalue weighted by atomic mass is 9.82. The first-order valence-corrected chi connectivity index (χ1v) is 7.21. The van der Waals surface area contributed by atoms with Crippen LogP contribution in [0.1, 0.15) is 25.3 Å². The number of hydrogen-bond donors (Lipinski definition) is 2. The quantitative estimate of drug-likeness (QED) is 0.891.